The molecule has 1 aromatic heterocycles. The molecule has 0 spiro atoms. The fourth-order valence-electron chi connectivity index (χ4n) is 2.68. The fraction of sp³-hybridized carbons (Fsp3) is 0.167. The van der Waals surface area contributed by atoms with Gasteiger partial charge in [0.05, 0.1) is 12.6 Å². The van der Waals surface area contributed by atoms with E-state index in [2.05, 4.69) is 4.98 Å². The van der Waals surface area contributed by atoms with Crippen molar-refractivity contribution in [3.63, 3.8) is 0 Å². The Kier molecular flexibility index (Phi) is 3.86. The highest BCUT2D eigenvalue weighted by atomic mass is 19.1. The number of ketones is 1. The third kappa shape index (κ3) is 2.70. The molecule has 0 amide bonds. The maximum atomic E-state index is 13.6. The van der Waals surface area contributed by atoms with Crippen LogP contribution in [0.1, 0.15) is 21.5 Å². The lowest BCUT2D eigenvalue weighted by Crippen LogP contribution is -2.05. The zero-order valence-corrected chi connectivity index (χ0v) is 12.7. The van der Waals surface area contributed by atoms with Gasteiger partial charge in [-0.25, -0.2) is 8.78 Å². The Morgan fingerprint density at radius 1 is 1.22 bits per heavy atom. The minimum atomic E-state index is -0.420. The highest BCUT2D eigenvalue weighted by Gasteiger charge is 2.17. The SMILES string of the molecule is COc1cc(F)ccc1CC(=O)c1c[nH]c2c(C)c(F)ccc12. The third-order valence-electron chi connectivity index (χ3n) is 3.95. The lowest BCUT2D eigenvalue weighted by Gasteiger charge is -2.08. The molecule has 0 aliphatic rings. The molecule has 0 fully saturated rings. The summed E-state index contributed by atoms with van der Waals surface area (Å²) in [6, 6.07) is 7.01. The molecule has 3 aromatic rings. The smallest absolute Gasteiger partial charge is 0.169 e. The van der Waals surface area contributed by atoms with Crippen LogP contribution in [0.25, 0.3) is 10.9 Å². The van der Waals surface area contributed by atoms with Crippen molar-refractivity contribution >= 4 is 16.7 Å². The van der Waals surface area contributed by atoms with Gasteiger partial charge in [-0.05, 0) is 25.1 Å². The number of benzene rings is 2. The van der Waals surface area contributed by atoms with Crippen LogP contribution in [0.2, 0.25) is 0 Å². The lowest BCUT2D eigenvalue weighted by molar-refractivity contribution is 0.0993. The maximum Gasteiger partial charge on any atom is 0.169 e. The van der Waals surface area contributed by atoms with E-state index in [-0.39, 0.29) is 18.0 Å². The molecule has 0 atom stereocenters. The first-order valence-corrected chi connectivity index (χ1v) is 7.13. The van der Waals surface area contributed by atoms with Crippen LogP contribution in [-0.2, 0) is 6.42 Å². The second-order valence-corrected chi connectivity index (χ2v) is 5.35. The highest BCUT2D eigenvalue weighted by Crippen LogP contribution is 2.26. The van der Waals surface area contributed by atoms with Crippen molar-refractivity contribution < 1.29 is 18.3 Å². The Morgan fingerprint density at radius 3 is 2.74 bits per heavy atom. The second kappa shape index (κ2) is 5.83. The summed E-state index contributed by atoms with van der Waals surface area (Å²) in [6.45, 7) is 1.66. The van der Waals surface area contributed by atoms with Crippen LogP contribution >= 0.6 is 0 Å². The topological polar surface area (TPSA) is 42.1 Å². The third-order valence-corrected chi connectivity index (χ3v) is 3.95. The van der Waals surface area contributed by atoms with Crippen molar-refractivity contribution in [3.05, 3.63) is 64.9 Å². The number of carbonyl (C=O) groups excluding carboxylic acids is 1. The number of methoxy groups -OCH3 is 1. The quantitative estimate of drug-likeness (QED) is 0.734. The molecule has 5 heteroatoms. The summed E-state index contributed by atoms with van der Waals surface area (Å²) in [5.74, 6) is -0.553. The molecular weight excluding hydrogens is 300 g/mol. The van der Waals surface area contributed by atoms with E-state index in [9.17, 15) is 13.6 Å². The standard InChI is InChI=1S/C18H15F2NO2/c1-10-15(20)6-5-13-14(9-21-18(10)13)16(22)7-11-3-4-12(19)8-17(11)23-2/h3-6,8-9,21H,7H2,1-2H3. The molecule has 2 aromatic carbocycles. The number of halogens is 2. The number of aromatic amines is 1. The van der Waals surface area contributed by atoms with Crippen LogP contribution < -0.4 is 4.74 Å². The molecule has 0 aliphatic heterocycles. The van der Waals surface area contributed by atoms with E-state index in [1.165, 1.54) is 31.4 Å². The number of H-pyrrole nitrogens is 1. The monoisotopic (exact) mass is 315 g/mol. The molecule has 1 N–H and O–H groups in total. The van der Waals surface area contributed by atoms with Crippen molar-refractivity contribution in [1.29, 1.82) is 0 Å². The molecule has 0 unspecified atom stereocenters. The van der Waals surface area contributed by atoms with Gasteiger partial charge in [-0.15, -0.1) is 0 Å². The molecule has 0 saturated heterocycles. The van der Waals surface area contributed by atoms with Crippen LogP contribution in [0, 0.1) is 18.6 Å². The number of fused-ring (bicyclic) bond motifs is 1. The Hall–Kier alpha value is -2.69. The van der Waals surface area contributed by atoms with E-state index in [1.807, 2.05) is 0 Å². The maximum absolute atomic E-state index is 13.6. The van der Waals surface area contributed by atoms with Gasteiger partial charge in [-0.1, -0.05) is 6.07 Å². The first-order valence-electron chi connectivity index (χ1n) is 7.13. The Labute approximate surface area is 131 Å². The first-order chi connectivity index (χ1) is 11.0. The summed E-state index contributed by atoms with van der Waals surface area (Å²) in [5.41, 5.74) is 2.17. The minimum absolute atomic E-state index is 0.0762. The summed E-state index contributed by atoms with van der Waals surface area (Å²) < 4.78 is 31.9. The number of ether oxygens (including phenoxy) is 1. The summed E-state index contributed by atoms with van der Waals surface area (Å²) >= 11 is 0. The van der Waals surface area contributed by atoms with Crippen molar-refractivity contribution in [3.8, 4) is 5.75 Å². The molecule has 0 saturated carbocycles. The van der Waals surface area contributed by atoms with Crippen LogP contribution in [0.15, 0.2) is 36.5 Å². The van der Waals surface area contributed by atoms with Crippen molar-refractivity contribution in [1.82, 2.24) is 4.98 Å². The first kappa shape index (κ1) is 15.2. The van der Waals surface area contributed by atoms with E-state index in [0.29, 0.717) is 33.3 Å². The van der Waals surface area contributed by atoms with Crippen LogP contribution in [0.3, 0.4) is 0 Å². The van der Waals surface area contributed by atoms with Gasteiger partial charge >= 0.3 is 0 Å². The molecule has 3 rings (SSSR count). The van der Waals surface area contributed by atoms with Gasteiger partial charge in [0.1, 0.15) is 17.4 Å². The Balaban J connectivity index is 1.97. The van der Waals surface area contributed by atoms with Gasteiger partial charge in [0.2, 0.25) is 0 Å². The zero-order valence-electron chi connectivity index (χ0n) is 12.7. The molecule has 0 radical (unpaired) electrons. The summed E-state index contributed by atoms with van der Waals surface area (Å²) in [4.78, 5) is 15.5. The van der Waals surface area contributed by atoms with E-state index < -0.39 is 5.82 Å². The Bertz CT molecular complexity index is 899. The zero-order chi connectivity index (χ0) is 16.6. The molecule has 0 bridgehead atoms. The molecular formula is C18H15F2NO2. The number of aromatic nitrogens is 1. The number of nitrogens with one attached hydrogen (secondary N) is 1. The van der Waals surface area contributed by atoms with E-state index in [4.69, 9.17) is 4.74 Å². The molecule has 0 aliphatic carbocycles. The highest BCUT2D eigenvalue weighted by molar-refractivity contribution is 6.09. The van der Waals surface area contributed by atoms with Gasteiger partial charge in [0.15, 0.2) is 5.78 Å². The van der Waals surface area contributed by atoms with Crippen LogP contribution in [-0.4, -0.2) is 17.9 Å². The van der Waals surface area contributed by atoms with Crippen LogP contribution in [0.4, 0.5) is 8.78 Å². The Morgan fingerprint density at radius 2 is 2.00 bits per heavy atom. The summed E-state index contributed by atoms with van der Waals surface area (Å²) in [6.07, 6.45) is 1.66. The number of hydrogen-bond donors (Lipinski definition) is 1. The minimum Gasteiger partial charge on any atom is -0.496 e. The molecule has 3 nitrogen and oxygen atoms in total. The van der Waals surface area contributed by atoms with Gasteiger partial charge < -0.3 is 9.72 Å². The second-order valence-electron chi connectivity index (χ2n) is 5.35. The number of rotatable bonds is 4. The fourth-order valence-corrected chi connectivity index (χ4v) is 2.68. The molecule has 23 heavy (non-hydrogen) atoms. The van der Waals surface area contributed by atoms with E-state index >= 15 is 0 Å². The predicted octanol–water partition coefficient (Wildman–Crippen LogP) is 4.19. The van der Waals surface area contributed by atoms with Crippen molar-refractivity contribution in [2.75, 3.05) is 7.11 Å². The average Bonchev–Trinajstić information content (AvgIpc) is 2.97. The molecule has 118 valence electrons. The number of aryl methyl sites for hydroxylation is 1. The normalized spacial score (nSPS) is 11.0. The van der Waals surface area contributed by atoms with Gasteiger partial charge in [-0.2, -0.15) is 0 Å². The van der Waals surface area contributed by atoms with Crippen molar-refractivity contribution in [2.24, 2.45) is 0 Å². The van der Waals surface area contributed by atoms with E-state index in [0.717, 1.165) is 0 Å². The van der Waals surface area contributed by atoms with Gasteiger partial charge in [0.25, 0.3) is 0 Å². The number of Topliss-reactive ketones (excluding diaryl/α,β-unsaturated/α-hetero) is 1. The number of hydrogen-bond acceptors (Lipinski definition) is 2. The number of carbonyl (C=O) groups is 1. The molecule has 1 heterocycles. The van der Waals surface area contributed by atoms with Crippen LogP contribution in [0.5, 0.6) is 5.75 Å². The lowest BCUT2D eigenvalue weighted by atomic mass is 10.0. The van der Waals surface area contributed by atoms with Gasteiger partial charge in [-0.3, -0.25) is 4.79 Å². The van der Waals surface area contributed by atoms with Crippen molar-refractivity contribution in [2.45, 2.75) is 13.3 Å². The summed E-state index contributed by atoms with van der Waals surface area (Å²) in [5, 5.41) is 0.676. The largest absolute Gasteiger partial charge is 0.496 e. The average molecular weight is 315 g/mol. The van der Waals surface area contributed by atoms with E-state index in [1.54, 1.807) is 19.2 Å². The van der Waals surface area contributed by atoms with Gasteiger partial charge in [0, 0.05) is 40.8 Å². The predicted molar refractivity (Wildman–Crippen MR) is 84.0 cm³/mol. The summed E-state index contributed by atoms with van der Waals surface area (Å²) in [7, 11) is 1.43.